The monoisotopic (exact) mass is 358 g/mol. The summed E-state index contributed by atoms with van der Waals surface area (Å²) in [6, 6.07) is 15.7. The third kappa shape index (κ3) is 4.35. The highest BCUT2D eigenvalue weighted by molar-refractivity contribution is 8.00. The van der Waals surface area contributed by atoms with Crippen LogP contribution in [0.1, 0.15) is 22.8 Å². The zero-order valence-electron chi connectivity index (χ0n) is 13.2. The molecule has 124 valence electrons. The van der Waals surface area contributed by atoms with E-state index >= 15 is 0 Å². The van der Waals surface area contributed by atoms with Crippen LogP contribution in [-0.2, 0) is 5.75 Å². The number of rotatable bonds is 6. The van der Waals surface area contributed by atoms with E-state index in [1.165, 1.54) is 4.70 Å². The fourth-order valence-electron chi connectivity index (χ4n) is 2.15. The van der Waals surface area contributed by atoms with Gasteiger partial charge in [0.25, 0.3) is 5.91 Å². The Morgan fingerprint density at radius 2 is 2.00 bits per heavy atom. The van der Waals surface area contributed by atoms with Crippen LogP contribution in [0.4, 0.5) is 0 Å². The van der Waals surface area contributed by atoms with E-state index in [4.69, 9.17) is 0 Å². The Labute approximate surface area is 148 Å². The molecule has 3 rings (SSSR count). The molecule has 6 heteroatoms. The van der Waals surface area contributed by atoms with Crippen LogP contribution in [0.3, 0.4) is 0 Å². The molecule has 0 aliphatic carbocycles. The number of para-hydroxylation sites is 1. The zero-order chi connectivity index (χ0) is 16.9. The molecule has 0 saturated heterocycles. The van der Waals surface area contributed by atoms with Gasteiger partial charge in [-0.3, -0.25) is 4.79 Å². The van der Waals surface area contributed by atoms with Crippen molar-refractivity contribution in [3.63, 3.8) is 0 Å². The summed E-state index contributed by atoms with van der Waals surface area (Å²) in [5.41, 5.74) is 2.78. The number of aliphatic hydroxyl groups excluding tert-OH is 1. The maximum Gasteiger partial charge on any atom is 0.251 e. The lowest BCUT2D eigenvalue weighted by atomic mass is 10.1. The van der Waals surface area contributed by atoms with Crippen molar-refractivity contribution in [3.05, 3.63) is 59.7 Å². The first kappa shape index (κ1) is 17.0. The van der Waals surface area contributed by atoms with Gasteiger partial charge in [-0.1, -0.05) is 36.0 Å². The average molecular weight is 358 g/mol. The Morgan fingerprint density at radius 3 is 2.71 bits per heavy atom. The second-order valence-electron chi connectivity index (χ2n) is 5.49. The maximum atomic E-state index is 11.9. The number of aromatic nitrogens is 1. The first-order valence-corrected chi connectivity index (χ1v) is 9.45. The molecular weight excluding hydrogens is 340 g/mol. The molecule has 4 nitrogen and oxygen atoms in total. The van der Waals surface area contributed by atoms with Crippen molar-refractivity contribution in [1.29, 1.82) is 0 Å². The summed E-state index contributed by atoms with van der Waals surface area (Å²) in [5.74, 6) is 0.649. The molecular formula is C18H18N2O2S2. The Balaban J connectivity index is 1.58. The highest BCUT2D eigenvalue weighted by atomic mass is 32.2. The third-order valence-corrected chi connectivity index (χ3v) is 5.66. The lowest BCUT2D eigenvalue weighted by Gasteiger charge is -2.07. The van der Waals surface area contributed by atoms with E-state index < -0.39 is 6.10 Å². The lowest BCUT2D eigenvalue weighted by Crippen LogP contribution is -2.30. The second-order valence-corrected chi connectivity index (χ2v) is 7.75. The van der Waals surface area contributed by atoms with Crippen LogP contribution in [0.25, 0.3) is 10.2 Å². The zero-order valence-corrected chi connectivity index (χ0v) is 14.9. The van der Waals surface area contributed by atoms with Gasteiger partial charge in [0.1, 0.15) is 0 Å². The summed E-state index contributed by atoms with van der Waals surface area (Å²) in [4.78, 5) is 16.5. The predicted molar refractivity (Wildman–Crippen MR) is 99.6 cm³/mol. The van der Waals surface area contributed by atoms with Gasteiger partial charge in [0.05, 0.1) is 16.3 Å². The number of carbonyl (C=O) groups is 1. The molecule has 24 heavy (non-hydrogen) atoms. The van der Waals surface area contributed by atoms with Crippen molar-refractivity contribution >= 4 is 39.2 Å². The third-order valence-electron chi connectivity index (χ3n) is 3.41. The largest absolute Gasteiger partial charge is 0.392 e. The number of aliphatic hydroxyl groups is 1. The number of thioether (sulfide) groups is 1. The van der Waals surface area contributed by atoms with Gasteiger partial charge in [-0.05, 0) is 36.8 Å². The van der Waals surface area contributed by atoms with Gasteiger partial charge >= 0.3 is 0 Å². The van der Waals surface area contributed by atoms with E-state index in [9.17, 15) is 9.90 Å². The van der Waals surface area contributed by atoms with Crippen molar-refractivity contribution in [2.24, 2.45) is 0 Å². The van der Waals surface area contributed by atoms with E-state index in [1.807, 2.05) is 42.5 Å². The Hall–Kier alpha value is -1.89. The van der Waals surface area contributed by atoms with Crippen molar-refractivity contribution in [2.75, 3.05) is 6.54 Å². The highest BCUT2D eigenvalue weighted by Gasteiger charge is 2.07. The van der Waals surface area contributed by atoms with Crippen molar-refractivity contribution in [2.45, 2.75) is 23.1 Å². The summed E-state index contributed by atoms with van der Waals surface area (Å²) < 4.78 is 2.25. The number of amides is 1. The summed E-state index contributed by atoms with van der Waals surface area (Å²) in [5, 5.41) is 11.9. The molecule has 0 aliphatic heterocycles. The lowest BCUT2D eigenvalue weighted by molar-refractivity contribution is 0.0924. The number of nitrogens with zero attached hydrogens (tertiary/aromatic N) is 1. The molecule has 0 aliphatic rings. The molecule has 3 aromatic rings. The molecule has 1 atom stereocenters. The van der Waals surface area contributed by atoms with Crippen molar-refractivity contribution in [1.82, 2.24) is 10.3 Å². The summed E-state index contributed by atoms with van der Waals surface area (Å²) in [6.45, 7) is 1.90. The minimum Gasteiger partial charge on any atom is -0.392 e. The topological polar surface area (TPSA) is 62.2 Å². The van der Waals surface area contributed by atoms with E-state index in [0.29, 0.717) is 5.56 Å². The maximum absolute atomic E-state index is 11.9. The first-order valence-electron chi connectivity index (χ1n) is 7.65. The van der Waals surface area contributed by atoms with Crippen LogP contribution in [0.15, 0.2) is 52.9 Å². The molecule has 1 amide bonds. The standard InChI is InChI=1S/C18H18N2O2S2/c1-12(21)10-19-17(22)14-8-6-13(7-9-14)11-23-18-20-15-4-2-3-5-16(15)24-18/h2-9,12,21H,10-11H2,1H3,(H,19,22). The fourth-order valence-corrected chi connectivity index (χ4v) is 4.18. The summed E-state index contributed by atoms with van der Waals surface area (Å²) >= 11 is 3.40. The number of nitrogens with one attached hydrogen (secondary N) is 1. The number of hydrogen-bond acceptors (Lipinski definition) is 5. The average Bonchev–Trinajstić information content (AvgIpc) is 3.01. The highest BCUT2D eigenvalue weighted by Crippen LogP contribution is 2.31. The molecule has 0 spiro atoms. The number of thiazole rings is 1. The summed E-state index contributed by atoms with van der Waals surface area (Å²) in [6.07, 6.45) is -0.543. The van der Waals surface area contributed by atoms with Crippen LogP contribution in [-0.4, -0.2) is 28.6 Å². The predicted octanol–water partition coefficient (Wildman–Crippen LogP) is 3.70. The SMILES string of the molecule is CC(O)CNC(=O)c1ccc(CSc2nc3ccccc3s2)cc1. The van der Waals surface area contributed by atoms with Gasteiger partial charge in [-0.2, -0.15) is 0 Å². The van der Waals surface area contributed by atoms with Crippen LogP contribution < -0.4 is 5.32 Å². The Bertz CT molecular complexity index is 795. The van der Waals surface area contributed by atoms with Gasteiger partial charge in [0, 0.05) is 17.9 Å². The van der Waals surface area contributed by atoms with E-state index in [0.717, 1.165) is 21.2 Å². The van der Waals surface area contributed by atoms with Crippen molar-refractivity contribution < 1.29 is 9.90 Å². The van der Waals surface area contributed by atoms with E-state index in [1.54, 1.807) is 30.0 Å². The van der Waals surface area contributed by atoms with Gasteiger partial charge in [-0.15, -0.1) is 11.3 Å². The molecule has 0 saturated carbocycles. The number of carbonyl (C=O) groups excluding carboxylic acids is 1. The molecule has 1 unspecified atom stereocenters. The Morgan fingerprint density at radius 1 is 1.25 bits per heavy atom. The van der Waals surface area contributed by atoms with Crippen LogP contribution in [0.2, 0.25) is 0 Å². The van der Waals surface area contributed by atoms with E-state index in [2.05, 4.69) is 16.4 Å². The smallest absolute Gasteiger partial charge is 0.251 e. The molecule has 2 aromatic carbocycles. The quantitative estimate of drug-likeness (QED) is 0.660. The number of benzene rings is 2. The van der Waals surface area contributed by atoms with Crippen LogP contribution >= 0.6 is 23.1 Å². The fraction of sp³-hybridized carbons (Fsp3) is 0.222. The van der Waals surface area contributed by atoms with Gasteiger partial charge < -0.3 is 10.4 Å². The molecule has 1 aromatic heterocycles. The minimum atomic E-state index is -0.543. The minimum absolute atomic E-state index is 0.165. The molecule has 0 bridgehead atoms. The van der Waals surface area contributed by atoms with Gasteiger partial charge in [-0.25, -0.2) is 4.98 Å². The molecule has 2 N–H and O–H groups in total. The van der Waals surface area contributed by atoms with Crippen LogP contribution in [0.5, 0.6) is 0 Å². The van der Waals surface area contributed by atoms with Gasteiger partial charge in [0.2, 0.25) is 0 Å². The molecule has 1 heterocycles. The van der Waals surface area contributed by atoms with Crippen molar-refractivity contribution in [3.8, 4) is 0 Å². The van der Waals surface area contributed by atoms with Crippen LogP contribution in [0, 0.1) is 0 Å². The number of fused-ring (bicyclic) bond motifs is 1. The van der Waals surface area contributed by atoms with E-state index in [-0.39, 0.29) is 12.5 Å². The second kappa shape index (κ2) is 7.79. The van der Waals surface area contributed by atoms with Gasteiger partial charge in [0.15, 0.2) is 4.34 Å². The number of hydrogen-bond donors (Lipinski definition) is 2. The normalized spacial score (nSPS) is 12.2. The summed E-state index contributed by atoms with van der Waals surface area (Å²) in [7, 11) is 0. The first-order chi connectivity index (χ1) is 11.6. The molecule has 0 fully saturated rings. The molecule has 0 radical (unpaired) electrons. The Kier molecular flexibility index (Phi) is 5.50.